The molecule has 1 N–H and O–H groups in total. The maximum atomic E-state index is 13.0. The van der Waals surface area contributed by atoms with Crippen LogP contribution in [0.5, 0.6) is 0 Å². The summed E-state index contributed by atoms with van der Waals surface area (Å²) in [5.74, 6) is 0. The highest BCUT2D eigenvalue weighted by atomic mass is 32.2. The number of hydrogen-bond donors (Lipinski definition) is 1. The van der Waals surface area contributed by atoms with E-state index in [0.29, 0.717) is 11.9 Å². The average molecular weight is 380 g/mol. The summed E-state index contributed by atoms with van der Waals surface area (Å²) in [6, 6.07) is 9.47. The Morgan fingerprint density at radius 1 is 1.00 bits per heavy atom. The summed E-state index contributed by atoms with van der Waals surface area (Å²) in [6.45, 7) is 1.41. The molecule has 0 bridgehead atoms. The van der Waals surface area contributed by atoms with Gasteiger partial charge in [0.15, 0.2) is 0 Å². The van der Waals surface area contributed by atoms with E-state index in [2.05, 4.69) is 5.32 Å². The van der Waals surface area contributed by atoms with Gasteiger partial charge in [0, 0.05) is 18.1 Å². The van der Waals surface area contributed by atoms with Crippen LogP contribution in [0.4, 0.5) is 13.2 Å². The third kappa shape index (κ3) is 2.79. The van der Waals surface area contributed by atoms with Crippen LogP contribution in [-0.4, -0.2) is 18.9 Å². The molecule has 0 spiro atoms. The van der Waals surface area contributed by atoms with E-state index < -0.39 is 21.8 Å². The summed E-state index contributed by atoms with van der Waals surface area (Å²) >= 11 is 0. The molecule has 26 heavy (non-hydrogen) atoms. The largest absolute Gasteiger partial charge is 0.416 e. The van der Waals surface area contributed by atoms with Crippen molar-refractivity contribution in [3.8, 4) is 0 Å². The van der Waals surface area contributed by atoms with Crippen LogP contribution in [-0.2, 0) is 29.2 Å². The Morgan fingerprint density at radius 2 is 1.81 bits per heavy atom. The van der Waals surface area contributed by atoms with Gasteiger partial charge in [-0.25, -0.2) is 12.4 Å². The zero-order valence-electron chi connectivity index (χ0n) is 13.5. The summed E-state index contributed by atoms with van der Waals surface area (Å²) in [4.78, 5) is 0.0647. The first kappa shape index (κ1) is 17.1. The highest BCUT2D eigenvalue weighted by molar-refractivity contribution is 7.90. The Hall–Kier alpha value is -2.32. The van der Waals surface area contributed by atoms with Crippen molar-refractivity contribution in [2.45, 2.75) is 24.0 Å². The summed E-state index contributed by atoms with van der Waals surface area (Å²) in [5, 5.41) is 3.61. The monoisotopic (exact) mass is 380 g/mol. The second-order valence-electron chi connectivity index (χ2n) is 6.25. The van der Waals surface area contributed by atoms with E-state index in [0.717, 1.165) is 40.2 Å². The Balaban J connectivity index is 1.86. The van der Waals surface area contributed by atoms with Crippen molar-refractivity contribution in [2.75, 3.05) is 6.54 Å². The Bertz CT molecular complexity index is 1100. The smallest absolute Gasteiger partial charge is 0.312 e. The van der Waals surface area contributed by atoms with Gasteiger partial charge in [0.25, 0.3) is 10.0 Å². The molecule has 3 aromatic rings. The lowest BCUT2D eigenvalue weighted by molar-refractivity contribution is -0.137. The number of rotatable bonds is 2. The third-order valence-corrected chi connectivity index (χ3v) is 6.29. The fourth-order valence-corrected chi connectivity index (χ4v) is 4.62. The third-order valence-electron chi connectivity index (χ3n) is 4.61. The predicted molar refractivity (Wildman–Crippen MR) is 91.4 cm³/mol. The number of nitrogens with zero attached hydrogens (tertiary/aromatic N) is 1. The molecule has 0 atom stereocenters. The van der Waals surface area contributed by atoms with Gasteiger partial charge in [0.05, 0.1) is 16.0 Å². The highest BCUT2D eigenvalue weighted by Crippen LogP contribution is 2.33. The molecular weight excluding hydrogens is 365 g/mol. The van der Waals surface area contributed by atoms with Crippen molar-refractivity contribution >= 4 is 20.9 Å². The number of hydrogen-bond acceptors (Lipinski definition) is 3. The quantitative estimate of drug-likeness (QED) is 0.740. The molecule has 8 heteroatoms. The number of fused-ring (bicyclic) bond motifs is 2. The number of nitrogens with one attached hydrogen (secondary N) is 1. The fraction of sp³-hybridized carbons (Fsp3) is 0.222. The molecule has 2 aromatic carbocycles. The van der Waals surface area contributed by atoms with E-state index in [1.165, 1.54) is 24.4 Å². The Labute approximate surface area is 148 Å². The second kappa shape index (κ2) is 5.85. The van der Waals surface area contributed by atoms with E-state index in [9.17, 15) is 21.6 Å². The molecule has 0 saturated heterocycles. The van der Waals surface area contributed by atoms with E-state index >= 15 is 0 Å². The van der Waals surface area contributed by atoms with Crippen LogP contribution in [0, 0.1) is 0 Å². The zero-order valence-corrected chi connectivity index (χ0v) is 14.4. The second-order valence-corrected chi connectivity index (χ2v) is 8.06. The molecule has 4 nitrogen and oxygen atoms in total. The zero-order chi connectivity index (χ0) is 18.5. The van der Waals surface area contributed by atoms with Crippen LogP contribution in [0.2, 0.25) is 0 Å². The first-order valence-corrected chi connectivity index (χ1v) is 9.47. The van der Waals surface area contributed by atoms with Gasteiger partial charge in [0.2, 0.25) is 0 Å². The molecule has 4 rings (SSSR count). The number of halogens is 3. The first-order valence-electron chi connectivity index (χ1n) is 8.03. The maximum Gasteiger partial charge on any atom is 0.416 e. The van der Waals surface area contributed by atoms with E-state index in [-0.39, 0.29) is 10.4 Å². The van der Waals surface area contributed by atoms with Gasteiger partial charge in [-0.2, -0.15) is 13.2 Å². The van der Waals surface area contributed by atoms with E-state index in [4.69, 9.17) is 0 Å². The van der Waals surface area contributed by atoms with Crippen LogP contribution in [0.3, 0.4) is 0 Å². The Kier molecular flexibility index (Phi) is 3.85. The first-order chi connectivity index (χ1) is 12.3. The van der Waals surface area contributed by atoms with Crippen LogP contribution in [0.15, 0.2) is 53.6 Å². The van der Waals surface area contributed by atoms with Crippen LogP contribution >= 0.6 is 0 Å². The van der Waals surface area contributed by atoms with Gasteiger partial charge in [0.1, 0.15) is 0 Å². The lowest BCUT2D eigenvalue weighted by Gasteiger charge is -2.18. The lowest BCUT2D eigenvalue weighted by Crippen LogP contribution is -2.24. The van der Waals surface area contributed by atoms with Crippen LogP contribution in [0.1, 0.15) is 16.7 Å². The van der Waals surface area contributed by atoms with E-state index in [1.54, 1.807) is 12.1 Å². The van der Waals surface area contributed by atoms with Crippen molar-refractivity contribution in [3.63, 3.8) is 0 Å². The molecule has 0 amide bonds. The van der Waals surface area contributed by atoms with Crippen LogP contribution < -0.4 is 5.32 Å². The number of aromatic nitrogens is 1. The SMILES string of the molecule is O=S(=O)(c1ccc2c(c1)CNCC2)n1ccc2ccc(C(F)(F)F)cc21. The summed E-state index contributed by atoms with van der Waals surface area (Å²) < 4.78 is 65.9. The summed E-state index contributed by atoms with van der Waals surface area (Å²) in [5.41, 5.74) is 1.11. The standard InChI is InChI=1S/C18H15F3N2O2S/c19-18(20,21)15-3-1-13-6-8-23(17(13)10-15)26(24,25)16-4-2-12-5-7-22-11-14(12)9-16/h1-4,6,8-10,22H,5,7,11H2. The van der Waals surface area contributed by atoms with Crippen molar-refractivity contribution in [1.29, 1.82) is 0 Å². The molecule has 136 valence electrons. The topological polar surface area (TPSA) is 51.1 Å². The number of benzene rings is 2. The minimum absolute atomic E-state index is 0.00988. The van der Waals surface area contributed by atoms with Gasteiger partial charge >= 0.3 is 6.18 Å². The molecule has 1 aliphatic heterocycles. The van der Waals surface area contributed by atoms with Gasteiger partial charge in [-0.05, 0) is 54.4 Å². The molecule has 0 fully saturated rings. The van der Waals surface area contributed by atoms with Crippen LogP contribution in [0.25, 0.3) is 10.9 Å². The van der Waals surface area contributed by atoms with Crippen molar-refractivity contribution in [1.82, 2.24) is 9.29 Å². The summed E-state index contributed by atoms with van der Waals surface area (Å²) in [6.07, 6.45) is -2.43. The lowest BCUT2D eigenvalue weighted by atomic mass is 10.0. The van der Waals surface area contributed by atoms with Gasteiger partial charge in [-0.3, -0.25) is 0 Å². The minimum atomic E-state index is -4.54. The molecule has 1 aromatic heterocycles. The van der Waals surface area contributed by atoms with Crippen molar-refractivity contribution in [2.24, 2.45) is 0 Å². The average Bonchev–Trinajstić information content (AvgIpc) is 3.04. The summed E-state index contributed by atoms with van der Waals surface area (Å²) in [7, 11) is -4.00. The molecule has 0 radical (unpaired) electrons. The predicted octanol–water partition coefficient (Wildman–Crippen LogP) is 3.54. The molecule has 0 saturated carbocycles. The van der Waals surface area contributed by atoms with Gasteiger partial charge in [-0.1, -0.05) is 12.1 Å². The van der Waals surface area contributed by atoms with Gasteiger partial charge < -0.3 is 5.32 Å². The minimum Gasteiger partial charge on any atom is -0.312 e. The highest BCUT2D eigenvalue weighted by Gasteiger charge is 2.31. The molecule has 0 aliphatic carbocycles. The van der Waals surface area contributed by atoms with Crippen molar-refractivity contribution < 1.29 is 21.6 Å². The molecule has 0 unspecified atom stereocenters. The molecule has 2 heterocycles. The number of alkyl halides is 3. The maximum absolute atomic E-state index is 13.0. The van der Waals surface area contributed by atoms with Crippen molar-refractivity contribution in [3.05, 3.63) is 65.4 Å². The van der Waals surface area contributed by atoms with Gasteiger partial charge in [-0.15, -0.1) is 0 Å². The molecule has 1 aliphatic rings. The van der Waals surface area contributed by atoms with E-state index in [1.807, 2.05) is 0 Å². The Morgan fingerprint density at radius 3 is 2.58 bits per heavy atom. The normalized spacial score (nSPS) is 15.2. The fourth-order valence-electron chi connectivity index (χ4n) is 3.22. The molecular formula is C18H15F3N2O2S.